The van der Waals surface area contributed by atoms with E-state index in [1.165, 1.54) is 0 Å². The maximum atomic E-state index is 10.1. The van der Waals surface area contributed by atoms with Crippen molar-refractivity contribution in [3.8, 4) is 0 Å². The van der Waals surface area contributed by atoms with Crippen molar-refractivity contribution in [2.24, 2.45) is 0 Å². The van der Waals surface area contributed by atoms with Crippen LogP contribution >= 0.6 is 15.9 Å². The zero-order chi connectivity index (χ0) is 13.2. The van der Waals surface area contributed by atoms with Gasteiger partial charge in [0.1, 0.15) is 16.2 Å². The number of aromatic nitrogens is 2. The molecule has 1 fully saturated rings. The fraction of sp³-hybridized carbons (Fsp3) is 0.692. The van der Waals surface area contributed by atoms with Crippen LogP contribution in [0.4, 0.5) is 5.82 Å². The van der Waals surface area contributed by atoms with Crippen LogP contribution in [0, 0.1) is 0 Å². The van der Waals surface area contributed by atoms with Gasteiger partial charge in [-0.2, -0.15) is 0 Å². The van der Waals surface area contributed by atoms with Crippen LogP contribution in [-0.4, -0.2) is 33.8 Å². The molecule has 1 aromatic heterocycles. The van der Waals surface area contributed by atoms with E-state index in [9.17, 15) is 5.11 Å². The third-order valence-corrected chi connectivity index (χ3v) is 3.84. The molecular formula is C13H20BrN3O. The summed E-state index contributed by atoms with van der Waals surface area (Å²) in [5.41, 5.74) is -0.535. The number of nitrogens with zero attached hydrogens (tertiary/aromatic N) is 3. The van der Waals surface area contributed by atoms with Crippen molar-refractivity contribution in [3.05, 3.63) is 16.5 Å². The fourth-order valence-corrected chi connectivity index (χ4v) is 2.67. The van der Waals surface area contributed by atoms with Gasteiger partial charge in [-0.15, -0.1) is 0 Å². The smallest absolute Gasteiger partial charge is 0.133 e. The third kappa shape index (κ3) is 3.42. The van der Waals surface area contributed by atoms with Crippen LogP contribution in [0.25, 0.3) is 0 Å². The Hall–Kier alpha value is -0.680. The second kappa shape index (κ2) is 5.53. The van der Waals surface area contributed by atoms with Crippen LogP contribution in [0.15, 0.2) is 10.7 Å². The van der Waals surface area contributed by atoms with Crippen molar-refractivity contribution < 1.29 is 5.11 Å². The molecule has 0 bridgehead atoms. The minimum absolute atomic E-state index is 0.535. The quantitative estimate of drug-likeness (QED) is 0.852. The average molecular weight is 314 g/mol. The lowest BCUT2D eigenvalue weighted by Crippen LogP contribution is -2.29. The van der Waals surface area contributed by atoms with Crippen molar-refractivity contribution in [3.63, 3.8) is 0 Å². The number of aliphatic hydroxyl groups is 1. The number of rotatable bonds is 2. The number of aryl methyl sites for hydroxylation is 1. The number of anilines is 1. The van der Waals surface area contributed by atoms with E-state index >= 15 is 0 Å². The molecule has 100 valence electrons. The Balaban J connectivity index is 2.18. The molecule has 0 amide bonds. The van der Waals surface area contributed by atoms with Crippen LogP contribution in [-0.2, 0) is 6.42 Å². The van der Waals surface area contributed by atoms with E-state index in [-0.39, 0.29) is 0 Å². The molecule has 4 nitrogen and oxygen atoms in total. The molecule has 0 aromatic carbocycles. The van der Waals surface area contributed by atoms with Gasteiger partial charge in [0.15, 0.2) is 0 Å². The summed E-state index contributed by atoms with van der Waals surface area (Å²) in [7, 11) is 0. The average Bonchev–Trinajstić information content (AvgIpc) is 2.49. The molecule has 0 spiro atoms. The topological polar surface area (TPSA) is 49.2 Å². The van der Waals surface area contributed by atoms with Gasteiger partial charge in [0, 0.05) is 25.6 Å². The van der Waals surface area contributed by atoms with Gasteiger partial charge >= 0.3 is 0 Å². The molecule has 1 aliphatic heterocycles. The largest absolute Gasteiger partial charge is 0.390 e. The number of hydrogen-bond donors (Lipinski definition) is 1. The summed E-state index contributed by atoms with van der Waals surface area (Å²) in [5, 5.41) is 10.1. The van der Waals surface area contributed by atoms with E-state index in [2.05, 4.69) is 37.7 Å². The summed E-state index contributed by atoms with van der Waals surface area (Å²) in [6.07, 6.45) is 3.47. The first-order valence-corrected chi connectivity index (χ1v) is 7.30. The van der Waals surface area contributed by atoms with Crippen molar-refractivity contribution in [1.82, 2.24) is 9.97 Å². The first kappa shape index (κ1) is 13.7. The Kier molecular flexibility index (Phi) is 4.22. The maximum Gasteiger partial charge on any atom is 0.133 e. The summed E-state index contributed by atoms with van der Waals surface area (Å²) < 4.78 is 0.834. The van der Waals surface area contributed by atoms with Gasteiger partial charge in [-0.25, -0.2) is 9.97 Å². The second-order valence-corrected chi connectivity index (χ2v) is 5.97. The van der Waals surface area contributed by atoms with E-state index in [0.29, 0.717) is 0 Å². The molecule has 2 heterocycles. The van der Waals surface area contributed by atoms with Gasteiger partial charge in [-0.1, -0.05) is 6.92 Å². The number of hydrogen-bond acceptors (Lipinski definition) is 4. The lowest BCUT2D eigenvalue weighted by atomic mass is 9.98. The summed E-state index contributed by atoms with van der Waals surface area (Å²) in [6.45, 7) is 5.77. The predicted molar refractivity (Wildman–Crippen MR) is 75.8 cm³/mol. The molecule has 5 heteroatoms. The van der Waals surface area contributed by atoms with Crippen LogP contribution in [0.5, 0.6) is 0 Å². The molecule has 0 aliphatic carbocycles. The highest BCUT2D eigenvalue weighted by molar-refractivity contribution is 9.10. The van der Waals surface area contributed by atoms with Crippen molar-refractivity contribution in [1.29, 1.82) is 0 Å². The standard InChI is InChI=1S/C13H20BrN3O/c1-3-11-15-10(14)9-12(16-11)17-7-4-5-13(2,18)6-8-17/h9,18H,3-8H2,1-2H3. The van der Waals surface area contributed by atoms with Crippen LogP contribution in [0.3, 0.4) is 0 Å². The lowest BCUT2D eigenvalue weighted by molar-refractivity contribution is 0.0481. The van der Waals surface area contributed by atoms with Crippen molar-refractivity contribution in [2.45, 2.75) is 45.1 Å². The molecule has 18 heavy (non-hydrogen) atoms. The van der Waals surface area contributed by atoms with Gasteiger partial charge in [0.25, 0.3) is 0 Å². The summed E-state index contributed by atoms with van der Waals surface area (Å²) in [5.74, 6) is 1.82. The molecule has 1 atom stereocenters. The van der Waals surface area contributed by atoms with E-state index in [1.54, 1.807) is 0 Å². The van der Waals surface area contributed by atoms with E-state index in [1.807, 2.05) is 13.0 Å². The Morgan fingerprint density at radius 1 is 1.39 bits per heavy atom. The Morgan fingerprint density at radius 2 is 2.17 bits per heavy atom. The monoisotopic (exact) mass is 313 g/mol. The highest BCUT2D eigenvalue weighted by atomic mass is 79.9. The Bertz CT molecular complexity index is 423. The molecule has 2 rings (SSSR count). The lowest BCUT2D eigenvalue weighted by Gasteiger charge is -2.23. The summed E-state index contributed by atoms with van der Waals surface area (Å²) >= 11 is 3.44. The molecule has 1 aliphatic rings. The number of halogens is 1. The predicted octanol–water partition coefficient (Wildman–Crippen LogP) is 2.54. The minimum atomic E-state index is -0.535. The first-order valence-electron chi connectivity index (χ1n) is 6.51. The van der Waals surface area contributed by atoms with E-state index < -0.39 is 5.60 Å². The molecular weight excluding hydrogens is 294 g/mol. The zero-order valence-corrected chi connectivity index (χ0v) is 12.6. The van der Waals surface area contributed by atoms with Crippen LogP contribution < -0.4 is 4.90 Å². The summed E-state index contributed by atoms with van der Waals surface area (Å²) in [4.78, 5) is 11.1. The molecule has 1 unspecified atom stereocenters. The zero-order valence-electron chi connectivity index (χ0n) is 11.0. The molecule has 0 saturated carbocycles. The molecule has 0 radical (unpaired) electrons. The van der Waals surface area contributed by atoms with Crippen LogP contribution in [0.1, 0.15) is 38.9 Å². The van der Waals surface area contributed by atoms with Gasteiger partial charge in [0.05, 0.1) is 5.60 Å². The summed E-state index contributed by atoms with van der Waals surface area (Å²) in [6, 6.07) is 1.96. The SMILES string of the molecule is CCc1nc(Br)cc(N2CCCC(C)(O)CC2)n1. The van der Waals surface area contributed by atoms with E-state index in [0.717, 1.165) is 55.0 Å². The fourth-order valence-electron chi connectivity index (χ4n) is 2.26. The molecule has 1 N–H and O–H groups in total. The van der Waals surface area contributed by atoms with Gasteiger partial charge in [0.2, 0.25) is 0 Å². The van der Waals surface area contributed by atoms with E-state index in [4.69, 9.17) is 0 Å². The van der Waals surface area contributed by atoms with Crippen LogP contribution in [0.2, 0.25) is 0 Å². The highest BCUT2D eigenvalue weighted by Crippen LogP contribution is 2.25. The van der Waals surface area contributed by atoms with Crippen molar-refractivity contribution >= 4 is 21.7 Å². The third-order valence-electron chi connectivity index (χ3n) is 3.43. The Labute approximate surface area is 117 Å². The van der Waals surface area contributed by atoms with Gasteiger partial charge in [-0.05, 0) is 42.1 Å². The highest BCUT2D eigenvalue weighted by Gasteiger charge is 2.25. The minimum Gasteiger partial charge on any atom is -0.390 e. The normalized spacial score (nSPS) is 25.0. The van der Waals surface area contributed by atoms with Crippen molar-refractivity contribution in [2.75, 3.05) is 18.0 Å². The van der Waals surface area contributed by atoms with Gasteiger partial charge in [-0.3, -0.25) is 0 Å². The second-order valence-electron chi connectivity index (χ2n) is 5.16. The first-order chi connectivity index (χ1) is 8.50. The molecule has 1 saturated heterocycles. The molecule has 1 aromatic rings. The maximum absolute atomic E-state index is 10.1. The van der Waals surface area contributed by atoms with Gasteiger partial charge < -0.3 is 10.0 Å². The Morgan fingerprint density at radius 3 is 2.89 bits per heavy atom.